The standard InChI is InChI=1S/C50H72O10/c1-23(2)33-25(5)35-37(41(52)59-40(35)51)27(36(33)26-12-13-30-46(6,22-26)15-10-17-48(30,8)44(55)56)20-29-34(24(3)4)28-21-32-47(7)16-11-18-49(9,45(57)58)31(47)14-19-50(29,32)39-38(28)42(53)60-43(39)54/h23-39H,10-22H2,1-9H3,(H,55,56)(H,57,58). The number of hydrogen-bond acceptors (Lipinski definition) is 8. The van der Waals surface area contributed by atoms with E-state index in [2.05, 4.69) is 48.5 Å². The van der Waals surface area contributed by atoms with Gasteiger partial charge in [-0.25, -0.2) is 0 Å². The molecule has 2 saturated heterocycles. The minimum atomic E-state index is -0.884. The average molecular weight is 833 g/mol. The molecule has 60 heavy (non-hydrogen) atoms. The molecule has 10 fully saturated rings. The smallest absolute Gasteiger partial charge is 0.318 e. The number of aliphatic carboxylic acids is 2. The molecule has 10 heteroatoms. The number of hydrogen-bond donors (Lipinski definition) is 2. The third-order valence-corrected chi connectivity index (χ3v) is 21.5. The Hall–Kier alpha value is -2.78. The van der Waals surface area contributed by atoms with E-state index in [-0.39, 0.29) is 87.8 Å². The maximum Gasteiger partial charge on any atom is 0.318 e. The number of carbonyl (C=O) groups excluding carboxylic acids is 4. The SMILES string of the molecule is CC(C)C1C(C)C2C(=O)OC(=O)C2C(CC2C(C(C)C)C3CC4C5(C)CCCC(C)(C(=O)O)C5CCC24C2C(=O)OC(=O)C32)C1C1CCC2C(C)(CCCC2(C)C(=O)O)C1. The van der Waals surface area contributed by atoms with Crippen molar-refractivity contribution >= 4 is 35.8 Å². The third kappa shape index (κ3) is 5.41. The molecule has 0 aromatic heterocycles. The van der Waals surface area contributed by atoms with Gasteiger partial charge in [-0.2, -0.15) is 0 Å². The number of ether oxygens (including phenoxy) is 2. The maximum absolute atomic E-state index is 14.4. The van der Waals surface area contributed by atoms with Crippen LogP contribution in [0.3, 0.4) is 0 Å². The van der Waals surface area contributed by atoms with Crippen molar-refractivity contribution in [2.45, 2.75) is 146 Å². The van der Waals surface area contributed by atoms with Crippen LogP contribution in [0.4, 0.5) is 0 Å². The Kier molecular flexibility index (Phi) is 9.82. The number of carboxylic acid groups (broad SMARTS) is 2. The highest BCUT2D eigenvalue weighted by Gasteiger charge is 2.78. The lowest BCUT2D eigenvalue weighted by Crippen LogP contribution is -2.71. The molecule has 0 radical (unpaired) electrons. The van der Waals surface area contributed by atoms with Gasteiger partial charge in [0, 0.05) is 0 Å². The Labute approximate surface area is 356 Å². The van der Waals surface area contributed by atoms with Gasteiger partial charge in [-0.15, -0.1) is 0 Å². The highest BCUT2D eigenvalue weighted by molar-refractivity contribution is 5.98. The minimum Gasteiger partial charge on any atom is -0.481 e. The molecule has 2 bridgehead atoms. The first-order valence-corrected chi connectivity index (χ1v) is 24.1. The van der Waals surface area contributed by atoms with E-state index in [0.29, 0.717) is 32.1 Å². The van der Waals surface area contributed by atoms with Crippen LogP contribution in [0.25, 0.3) is 0 Å². The Bertz CT molecular complexity index is 1870. The topological polar surface area (TPSA) is 161 Å². The fourth-order valence-electron chi connectivity index (χ4n) is 19.7. The first-order valence-electron chi connectivity index (χ1n) is 24.1. The molecular weight excluding hydrogens is 761 g/mol. The average Bonchev–Trinajstić information content (AvgIpc) is 3.65. The van der Waals surface area contributed by atoms with Crippen molar-refractivity contribution < 1.29 is 48.5 Å². The van der Waals surface area contributed by atoms with Gasteiger partial charge in [0.25, 0.3) is 0 Å². The summed E-state index contributed by atoms with van der Waals surface area (Å²) in [6.45, 7) is 19.7. The van der Waals surface area contributed by atoms with Crippen LogP contribution < -0.4 is 0 Å². The van der Waals surface area contributed by atoms with Crippen molar-refractivity contribution in [2.24, 2.45) is 128 Å². The summed E-state index contributed by atoms with van der Waals surface area (Å²) in [6, 6.07) is 0. The Morgan fingerprint density at radius 3 is 1.90 bits per heavy atom. The van der Waals surface area contributed by atoms with Crippen molar-refractivity contribution in [3.8, 4) is 0 Å². The second-order valence-corrected chi connectivity index (χ2v) is 24.2. The fourth-order valence-corrected chi connectivity index (χ4v) is 19.7. The van der Waals surface area contributed by atoms with E-state index in [4.69, 9.17) is 9.47 Å². The van der Waals surface area contributed by atoms with Gasteiger partial charge < -0.3 is 19.7 Å². The second kappa shape index (κ2) is 13.9. The predicted molar refractivity (Wildman–Crippen MR) is 220 cm³/mol. The number of esters is 4. The molecule has 20 atom stereocenters. The van der Waals surface area contributed by atoms with Crippen LogP contribution in [0.1, 0.15) is 146 Å². The zero-order valence-electron chi connectivity index (χ0n) is 37.7. The molecule has 2 aliphatic heterocycles. The quantitative estimate of drug-likeness (QED) is 0.187. The van der Waals surface area contributed by atoms with Gasteiger partial charge in [0.15, 0.2) is 0 Å². The van der Waals surface area contributed by atoms with Crippen LogP contribution in [-0.2, 0) is 38.2 Å². The van der Waals surface area contributed by atoms with E-state index in [1.807, 2.05) is 13.8 Å². The Morgan fingerprint density at radius 2 is 1.27 bits per heavy atom. The van der Waals surface area contributed by atoms with Crippen LogP contribution in [-0.4, -0.2) is 46.0 Å². The first-order chi connectivity index (χ1) is 28.1. The molecule has 2 N–H and O–H groups in total. The lowest BCUT2D eigenvalue weighted by molar-refractivity contribution is -0.267. The summed E-state index contributed by atoms with van der Waals surface area (Å²) in [5.41, 5.74) is -2.83. The van der Waals surface area contributed by atoms with Crippen LogP contribution >= 0.6 is 0 Å². The van der Waals surface area contributed by atoms with Gasteiger partial charge in [-0.3, -0.25) is 28.8 Å². The maximum atomic E-state index is 14.4. The highest BCUT2D eigenvalue weighted by Crippen LogP contribution is 2.79. The molecule has 10 rings (SSSR count). The van der Waals surface area contributed by atoms with Crippen LogP contribution in [0.5, 0.6) is 0 Å². The monoisotopic (exact) mass is 833 g/mol. The van der Waals surface area contributed by atoms with Crippen LogP contribution in [0.15, 0.2) is 0 Å². The predicted octanol–water partition coefficient (Wildman–Crippen LogP) is 9.08. The van der Waals surface area contributed by atoms with E-state index < -0.39 is 75.7 Å². The zero-order chi connectivity index (χ0) is 43.4. The van der Waals surface area contributed by atoms with E-state index in [9.17, 15) is 39.0 Å². The minimum absolute atomic E-state index is 0.00697. The summed E-state index contributed by atoms with van der Waals surface area (Å²) in [5, 5.41) is 21.4. The summed E-state index contributed by atoms with van der Waals surface area (Å²) in [5.74, 6) is -4.99. The lowest BCUT2D eigenvalue weighted by Gasteiger charge is -2.73. The molecule has 0 amide bonds. The van der Waals surface area contributed by atoms with Gasteiger partial charge in [0.1, 0.15) is 0 Å². The molecule has 332 valence electrons. The van der Waals surface area contributed by atoms with Crippen molar-refractivity contribution in [1.82, 2.24) is 0 Å². The van der Waals surface area contributed by atoms with Crippen molar-refractivity contribution in [3.05, 3.63) is 0 Å². The molecule has 0 aromatic rings. The van der Waals surface area contributed by atoms with Gasteiger partial charge in [0.05, 0.1) is 34.5 Å². The van der Waals surface area contributed by atoms with Gasteiger partial charge in [-0.05, 0) is 178 Å². The summed E-state index contributed by atoms with van der Waals surface area (Å²) < 4.78 is 11.4. The molecule has 8 aliphatic carbocycles. The molecule has 2 heterocycles. The number of carbonyl (C=O) groups is 6. The fraction of sp³-hybridized carbons (Fsp3) is 0.880. The van der Waals surface area contributed by atoms with Gasteiger partial charge in [-0.1, -0.05) is 61.3 Å². The third-order valence-electron chi connectivity index (χ3n) is 21.5. The van der Waals surface area contributed by atoms with E-state index in [1.54, 1.807) is 0 Å². The molecule has 10 nitrogen and oxygen atoms in total. The summed E-state index contributed by atoms with van der Waals surface area (Å²) >= 11 is 0. The van der Waals surface area contributed by atoms with Crippen molar-refractivity contribution in [2.75, 3.05) is 0 Å². The zero-order valence-corrected chi connectivity index (χ0v) is 37.7. The normalized spacial score (nSPS) is 53.1. The summed E-state index contributed by atoms with van der Waals surface area (Å²) in [6.07, 6.45) is 10.1. The lowest BCUT2D eigenvalue weighted by atomic mass is 9.29. The first kappa shape index (κ1) is 42.5. The molecule has 10 aliphatic rings. The molecule has 20 unspecified atom stereocenters. The number of carboxylic acids is 2. The van der Waals surface area contributed by atoms with Crippen LogP contribution in [0, 0.1) is 128 Å². The van der Waals surface area contributed by atoms with Gasteiger partial charge >= 0.3 is 35.8 Å². The Balaban J connectivity index is 1.20. The second-order valence-electron chi connectivity index (χ2n) is 24.2. The highest BCUT2D eigenvalue weighted by atomic mass is 16.6. The van der Waals surface area contributed by atoms with Crippen molar-refractivity contribution in [1.29, 1.82) is 0 Å². The number of cyclic esters (lactones) is 4. The largest absolute Gasteiger partial charge is 0.481 e. The van der Waals surface area contributed by atoms with Crippen LogP contribution in [0.2, 0.25) is 0 Å². The summed E-state index contributed by atoms with van der Waals surface area (Å²) in [7, 11) is 0. The molecule has 8 saturated carbocycles. The van der Waals surface area contributed by atoms with Crippen molar-refractivity contribution in [3.63, 3.8) is 0 Å². The number of rotatable bonds is 7. The summed E-state index contributed by atoms with van der Waals surface area (Å²) in [4.78, 5) is 82.7. The molecule has 1 spiro atoms. The van der Waals surface area contributed by atoms with Gasteiger partial charge in [0.2, 0.25) is 0 Å². The van der Waals surface area contributed by atoms with E-state index in [0.717, 1.165) is 51.4 Å². The number of fused-ring (bicyclic) bond motifs is 4. The van der Waals surface area contributed by atoms with E-state index >= 15 is 0 Å². The molecular formula is C50H72O10. The Morgan fingerprint density at radius 1 is 0.683 bits per heavy atom. The molecule has 0 aromatic carbocycles. The van der Waals surface area contributed by atoms with E-state index in [1.165, 1.54) is 0 Å².